The number of aryl methyl sites for hydroxylation is 1. The van der Waals surface area contributed by atoms with Crippen molar-refractivity contribution in [2.75, 3.05) is 19.7 Å². The first-order chi connectivity index (χ1) is 11.3. The second kappa shape index (κ2) is 7.53. The molecule has 0 aromatic heterocycles. The van der Waals surface area contributed by atoms with Gasteiger partial charge in [-0.05, 0) is 23.1 Å². The van der Waals surface area contributed by atoms with E-state index in [0.29, 0.717) is 6.42 Å². The van der Waals surface area contributed by atoms with Crippen molar-refractivity contribution in [1.29, 1.82) is 0 Å². The zero-order valence-electron chi connectivity index (χ0n) is 13.5. The van der Waals surface area contributed by atoms with Gasteiger partial charge < -0.3 is 10.1 Å². The fraction of sp³-hybridized carbons (Fsp3) is 0.350. The summed E-state index contributed by atoms with van der Waals surface area (Å²) in [6.07, 6.45) is 1.55. The number of rotatable bonds is 5. The first-order valence-corrected chi connectivity index (χ1v) is 8.29. The van der Waals surface area contributed by atoms with Crippen molar-refractivity contribution in [1.82, 2.24) is 5.32 Å². The molecule has 1 unspecified atom stereocenters. The summed E-state index contributed by atoms with van der Waals surface area (Å²) < 4.78 is 5.75. The van der Waals surface area contributed by atoms with Gasteiger partial charge in [0.05, 0.1) is 12.7 Å². The first kappa shape index (κ1) is 15.9. The molecule has 1 heterocycles. The largest absolute Gasteiger partial charge is 0.371 e. The molecule has 23 heavy (non-hydrogen) atoms. The molecule has 1 aliphatic rings. The van der Waals surface area contributed by atoms with E-state index in [1.54, 1.807) is 0 Å². The minimum absolute atomic E-state index is 0.120. The van der Waals surface area contributed by atoms with Crippen LogP contribution in [0.1, 0.15) is 40.1 Å². The van der Waals surface area contributed by atoms with Crippen LogP contribution in [0.2, 0.25) is 0 Å². The molecule has 0 amide bonds. The molecule has 0 radical (unpaired) electrons. The summed E-state index contributed by atoms with van der Waals surface area (Å²) in [4.78, 5) is 12.4. The molecule has 3 nitrogen and oxygen atoms in total. The molecule has 2 aromatic carbocycles. The average Bonchev–Trinajstić information content (AvgIpc) is 2.63. The number of hydrogen-bond donors (Lipinski definition) is 1. The first-order valence-electron chi connectivity index (χ1n) is 8.29. The predicted octanol–water partition coefficient (Wildman–Crippen LogP) is 3.34. The maximum atomic E-state index is 12.4. The minimum atomic E-state index is 0.120. The molecule has 1 N–H and O–H groups in total. The van der Waals surface area contributed by atoms with Crippen LogP contribution < -0.4 is 5.32 Å². The number of benzene rings is 2. The zero-order valence-corrected chi connectivity index (χ0v) is 13.5. The Morgan fingerprint density at radius 2 is 1.78 bits per heavy atom. The van der Waals surface area contributed by atoms with Gasteiger partial charge in [0.15, 0.2) is 5.78 Å². The van der Waals surface area contributed by atoms with Crippen LogP contribution in [0.25, 0.3) is 0 Å². The van der Waals surface area contributed by atoms with Crippen LogP contribution in [0.5, 0.6) is 0 Å². The monoisotopic (exact) mass is 309 g/mol. The van der Waals surface area contributed by atoms with Gasteiger partial charge in [-0.2, -0.15) is 0 Å². The number of morpholine rings is 1. The average molecular weight is 309 g/mol. The highest BCUT2D eigenvalue weighted by Crippen LogP contribution is 2.19. The molecule has 0 bridgehead atoms. The third-order valence-electron chi connectivity index (χ3n) is 4.33. The van der Waals surface area contributed by atoms with E-state index in [9.17, 15) is 4.79 Å². The van der Waals surface area contributed by atoms with E-state index in [-0.39, 0.29) is 11.9 Å². The van der Waals surface area contributed by atoms with Crippen LogP contribution in [0, 0.1) is 0 Å². The molecule has 1 saturated heterocycles. The topological polar surface area (TPSA) is 38.3 Å². The summed E-state index contributed by atoms with van der Waals surface area (Å²) in [5, 5.41) is 3.33. The van der Waals surface area contributed by atoms with Crippen molar-refractivity contribution < 1.29 is 9.53 Å². The Balaban J connectivity index is 1.63. The summed E-state index contributed by atoms with van der Waals surface area (Å²) in [5.41, 5.74) is 4.25. The fourth-order valence-corrected chi connectivity index (χ4v) is 2.84. The number of carbonyl (C=O) groups is 1. The van der Waals surface area contributed by atoms with Gasteiger partial charge in [0, 0.05) is 25.1 Å². The van der Waals surface area contributed by atoms with Gasteiger partial charge in [-0.1, -0.05) is 55.5 Å². The SMILES string of the molecule is CCc1ccc(C(=O)Cc2ccc(C3CNCCO3)cc2)cc1. The lowest BCUT2D eigenvalue weighted by atomic mass is 9.99. The van der Waals surface area contributed by atoms with Crippen molar-refractivity contribution in [2.24, 2.45) is 0 Å². The standard InChI is InChI=1S/C20H23NO2/c1-2-15-3-7-17(8-4-15)19(22)13-16-5-9-18(10-6-16)20-14-21-11-12-23-20/h3-10,20-21H,2,11-14H2,1H3. The van der Waals surface area contributed by atoms with Gasteiger partial charge in [-0.15, -0.1) is 0 Å². The van der Waals surface area contributed by atoms with Crippen LogP contribution in [-0.4, -0.2) is 25.5 Å². The van der Waals surface area contributed by atoms with Crippen LogP contribution >= 0.6 is 0 Å². The van der Waals surface area contributed by atoms with Crippen LogP contribution in [-0.2, 0) is 17.6 Å². The Morgan fingerprint density at radius 1 is 1.09 bits per heavy atom. The lowest BCUT2D eigenvalue weighted by molar-refractivity contribution is 0.0277. The van der Waals surface area contributed by atoms with E-state index in [0.717, 1.165) is 37.2 Å². The molecule has 0 aliphatic carbocycles. The fourth-order valence-electron chi connectivity index (χ4n) is 2.84. The third-order valence-corrected chi connectivity index (χ3v) is 4.33. The summed E-state index contributed by atoms with van der Waals surface area (Å²) >= 11 is 0. The molecule has 0 spiro atoms. The highest BCUT2D eigenvalue weighted by molar-refractivity contribution is 5.97. The Bertz CT molecular complexity index is 640. The number of nitrogens with one attached hydrogen (secondary N) is 1. The summed E-state index contributed by atoms with van der Waals surface area (Å²) in [7, 11) is 0. The lowest BCUT2D eigenvalue weighted by Gasteiger charge is -2.24. The van der Waals surface area contributed by atoms with Crippen LogP contribution in [0.3, 0.4) is 0 Å². The molecule has 1 fully saturated rings. The van der Waals surface area contributed by atoms with Crippen molar-refractivity contribution in [2.45, 2.75) is 25.9 Å². The second-order valence-corrected chi connectivity index (χ2v) is 5.96. The van der Waals surface area contributed by atoms with E-state index < -0.39 is 0 Å². The summed E-state index contributed by atoms with van der Waals surface area (Å²) in [6, 6.07) is 16.1. The molecule has 1 atom stereocenters. The molecule has 3 rings (SSSR count). The summed E-state index contributed by atoms with van der Waals surface area (Å²) in [6.45, 7) is 4.63. The van der Waals surface area contributed by atoms with Crippen molar-refractivity contribution in [3.63, 3.8) is 0 Å². The van der Waals surface area contributed by atoms with E-state index in [2.05, 4.69) is 24.4 Å². The molecular weight excluding hydrogens is 286 g/mol. The van der Waals surface area contributed by atoms with Gasteiger partial charge in [0.25, 0.3) is 0 Å². The van der Waals surface area contributed by atoms with Gasteiger partial charge in [-0.3, -0.25) is 4.79 Å². The number of ether oxygens (including phenoxy) is 1. The number of ketones is 1. The van der Waals surface area contributed by atoms with E-state index >= 15 is 0 Å². The Kier molecular flexibility index (Phi) is 5.21. The third kappa shape index (κ3) is 4.06. The van der Waals surface area contributed by atoms with Gasteiger partial charge in [-0.25, -0.2) is 0 Å². The lowest BCUT2D eigenvalue weighted by Crippen LogP contribution is -2.33. The van der Waals surface area contributed by atoms with E-state index in [4.69, 9.17) is 4.74 Å². The molecule has 3 heteroatoms. The Morgan fingerprint density at radius 3 is 2.39 bits per heavy atom. The van der Waals surface area contributed by atoms with E-state index in [1.165, 1.54) is 11.1 Å². The summed E-state index contributed by atoms with van der Waals surface area (Å²) in [5.74, 6) is 0.163. The normalized spacial score (nSPS) is 17.9. The quantitative estimate of drug-likeness (QED) is 0.861. The Hall–Kier alpha value is -1.97. The van der Waals surface area contributed by atoms with Gasteiger partial charge in [0.1, 0.15) is 0 Å². The molecular formula is C20H23NO2. The molecule has 0 saturated carbocycles. The maximum Gasteiger partial charge on any atom is 0.167 e. The Labute approximate surface area is 137 Å². The second-order valence-electron chi connectivity index (χ2n) is 5.96. The van der Waals surface area contributed by atoms with Crippen molar-refractivity contribution in [3.05, 3.63) is 70.8 Å². The highest BCUT2D eigenvalue weighted by Gasteiger charge is 2.15. The van der Waals surface area contributed by atoms with Crippen molar-refractivity contribution in [3.8, 4) is 0 Å². The maximum absolute atomic E-state index is 12.4. The molecule has 2 aromatic rings. The van der Waals surface area contributed by atoms with Crippen molar-refractivity contribution >= 4 is 5.78 Å². The number of hydrogen-bond acceptors (Lipinski definition) is 3. The molecule has 120 valence electrons. The minimum Gasteiger partial charge on any atom is -0.371 e. The molecule has 1 aliphatic heterocycles. The predicted molar refractivity (Wildman–Crippen MR) is 91.9 cm³/mol. The number of Topliss-reactive ketones (excluding diaryl/α,β-unsaturated/α-hetero) is 1. The van der Waals surface area contributed by atoms with E-state index in [1.807, 2.05) is 36.4 Å². The van der Waals surface area contributed by atoms with Gasteiger partial charge >= 0.3 is 0 Å². The van der Waals surface area contributed by atoms with Gasteiger partial charge in [0.2, 0.25) is 0 Å². The zero-order chi connectivity index (χ0) is 16.1. The van der Waals surface area contributed by atoms with Crippen LogP contribution in [0.4, 0.5) is 0 Å². The van der Waals surface area contributed by atoms with Crippen LogP contribution in [0.15, 0.2) is 48.5 Å². The highest BCUT2D eigenvalue weighted by atomic mass is 16.5. The smallest absolute Gasteiger partial charge is 0.167 e. The number of carbonyl (C=O) groups excluding carboxylic acids is 1.